The highest BCUT2D eigenvalue weighted by Gasteiger charge is 2.36. The lowest BCUT2D eigenvalue weighted by Gasteiger charge is -2.10. The Labute approximate surface area is 96.4 Å². The van der Waals surface area contributed by atoms with Gasteiger partial charge in [0.15, 0.2) is 0 Å². The van der Waals surface area contributed by atoms with E-state index in [1.165, 1.54) is 13.8 Å². The lowest BCUT2D eigenvalue weighted by atomic mass is 10.1. The van der Waals surface area contributed by atoms with Gasteiger partial charge in [0.1, 0.15) is 0 Å². The van der Waals surface area contributed by atoms with Crippen LogP contribution in [0.2, 0.25) is 0 Å². The molecule has 0 aromatic heterocycles. The van der Waals surface area contributed by atoms with Gasteiger partial charge in [-0.15, -0.1) is 0 Å². The zero-order valence-electron chi connectivity index (χ0n) is 9.47. The standard InChI is InChI=1S/C10H13F3O4/c1-3-16-8(14)5-7(10(11,12)13)6-9(15)17-4-2/h5H,3-4,6H2,1-2H3/b7-5+. The molecule has 0 heterocycles. The number of carbonyl (C=O) groups is 2. The molecule has 0 atom stereocenters. The molecule has 0 unspecified atom stereocenters. The predicted octanol–water partition coefficient (Wildman–Crippen LogP) is 1.99. The van der Waals surface area contributed by atoms with Crippen LogP contribution in [-0.2, 0) is 19.1 Å². The van der Waals surface area contributed by atoms with E-state index in [2.05, 4.69) is 9.47 Å². The molecule has 7 heteroatoms. The van der Waals surface area contributed by atoms with Crippen molar-refractivity contribution in [1.29, 1.82) is 0 Å². The Morgan fingerprint density at radius 1 is 1.12 bits per heavy atom. The van der Waals surface area contributed by atoms with Crippen LogP contribution in [0.1, 0.15) is 20.3 Å². The summed E-state index contributed by atoms with van der Waals surface area (Å²) < 4.78 is 46.0. The lowest BCUT2D eigenvalue weighted by Crippen LogP contribution is -2.19. The van der Waals surface area contributed by atoms with Crippen LogP contribution in [0.5, 0.6) is 0 Å². The molecular formula is C10H13F3O4. The highest BCUT2D eigenvalue weighted by molar-refractivity contribution is 5.85. The van der Waals surface area contributed by atoms with E-state index < -0.39 is 30.1 Å². The molecular weight excluding hydrogens is 241 g/mol. The number of esters is 2. The summed E-state index contributed by atoms with van der Waals surface area (Å²) in [4.78, 5) is 21.8. The van der Waals surface area contributed by atoms with Crippen molar-refractivity contribution >= 4 is 11.9 Å². The largest absolute Gasteiger partial charge is 0.466 e. The summed E-state index contributed by atoms with van der Waals surface area (Å²) in [6, 6.07) is 0. The van der Waals surface area contributed by atoms with Crippen molar-refractivity contribution in [3.63, 3.8) is 0 Å². The maximum Gasteiger partial charge on any atom is 0.413 e. The Bertz CT molecular complexity index is 307. The Morgan fingerprint density at radius 2 is 1.65 bits per heavy atom. The van der Waals surface area contributed by atoms with Crippen LogP contribution in [0.4, 0.5) is 13.2 Å². The number of alkyl halides is 3. The lowest BCUT2D eigenvalue weighted by molar-refractivity contribution is -0.145. The van der Waals surface area contributed by atoms with E-state index in [4.69, 9.17) is 0 Å². The van der Waals surface area contributed by atoms with E-state index >= 15 is 0 Å². The molecule has 0 aliphatic rings. The van der Waals surface area contributed by atoms with Crippen LogP contribution in [0.15, 0.2) is 11.6 Å². The summed E-state index contributed by atoms with van der Waals surface area (Å²) >= 11 is 0. The minimum atomic E-state index is -4.76. The van der Waals surface area contributed by atoms with Gasteiger partial charge in [0.2, 0.25) is 0 Å². The third-order valence-corrected chi connectivity index (χ3v) is 1.58. The number of ether oxygens (including phenoxy) is 2. The molecule has 0 amide bonds. The first-order chi connectivity index (χ1) is 7.81. The fourth-order valence-corrected chi connectivity index (χ4v) is 0.927. The van der Waals surface area contributed by atoms with E-state index in [1.807, 2.05) is 0 Å². The molecule has 98 valence electrons. The highest BCUT2D eigenvalue weighted by atomic mass is 19.4. The molecule has 0 saturated heterocycles. The van der Waals surface area contributed by atoms with Crippen molar-refractivity contribution in [2.45, 2.75) is 26.4 Å². The summed E-state index contributed by atoms with van der Waals surface area (Å²) in [5.41, 5.74) is -1.28. The molecule has 0 aliphatic carbocycles. The topological polar surface area (TPSA) is 52.6 Å². The minimum absolute atomic E-state index is 0.0244. The van der Waals surface area contributed by atoms with Gasteiger partial charge in [0.25, 0.3) is 0 Å². The summed E-state index contributed by atoms with van der Waals surface area (Å²) in [6.07, 6.45) is -5.50. The van der Waals surface area contributed by atoms with E-state index in [-0.39, 0.29) is 19.3 Å². The second-order valence-corrected chi connectivity index (χ2v) is 2.90. The number of halogens is 3. The summed E-state index contributed by atoms with van der Waals surface area (Å²) in [5, 5.41) is 0. The minimum Gasteiger partial charge on any atom is -0.466 e. The van der Waals surface area contributed by atoms with Crippen molar-refractivity contribution in [1.82, 2.24) is 0 Å². The predicted molar refractivity (Wildman–Crippen MR) is 52.0 cm³/mol. The molecule has 0 saturated carbocycles. The van der Waals surface area contributed by atoms with E-state index in [9.17, 15) is 22.8 Å². The van der Waals surface area contributed by atoms with Gasteiger partial charge in [-0.3, -0.25) is 4.79 Å². The SMILES string of the molecule is CCOC(=O)/C=C(\CC(=O)OCC)C(F)(F)F. The Morgan fingerprint density at radius 3 is 2.06 bits per heavy atom. The van der Waals surface area contributed by atoms with E-state index in [0.717, 1.165) is 0 Å². The smallest absolute Gasteiger partial charge is 0.413 e. The molecule has 17 heavy (non-hydrogen) atoms. The molecule has 0 rings (SSSR count). The van der Waals surface area contributed by atoms with Gasteiger partial charge in [-0.1, -0.05) is 0 Å². The molecule has 0 spiro atoms. The van der Waals surface area contributed by atoms with Gasteiger partial charge < -0.3 is 9.47 Å². The Kier molecular flexibility index (Phi) is 6.30. The van der Waals surface area contributed by atoms with Crippen LogP contribution in [0, 0.1) is 0 Å². The zero-order valence-corrected chi connectivity index (χ0v) is 9.47. The molecule has 0 N–H and O–H groups in total. The second-order valence-electron chi connectivity index (χ2n) is 2.90. The fraction of sp³-hybridized carbons (Fsp3) is 0.600. The van der Waals surface area contributed by atoms with Gasteiger partial charge in [-0.05, 0) is 13.8 Å². The van der Waals surface area contributed by atoms with Gasteiger partial charge in [0.05, 0.1) is 25.2 Å². The van der Waals surface area contributed by atoms with Crippen molar-refractivity contribution in [2.75, 3.05) is 13.2 Å². The summed E-state index contributed by atoms with van der Waals surface area (Å²) in [5.74, 6) is -2.18. The average Bonchev–Trinajstić information content (AvgIpc) is 2.16. The molecule has 0 bridgehead atoms. The van der Waals surface area contributed by atoms with Crippen molar-refractivity contribution in [3.05, 3.63) is 11.6 Å². The fourth-order valence-electron chi connectivity index (χ4n) is 0.927. The number of hydrogen-bond donors (Lipinski definition) is 0. The average molecular weight is 254 g/mol. The van der Waals surface area contributed by atoms with Crippen molar-refractivity contribution < 1.29 is 32.2 Å². The second kappa shape index (κ2) is 6.93. The third-order valence-electron chi connectivity index (χ3n) is 1.58. The van der Waals surface area contributed by atoms with Crippen LogP contribution >= 0.6 is 0 Å². The molecule has 0 aliphatic heterocycles. The number of rotatable bonds is 5. The van der Waals surface area contributed by atoms with Gasteiger partial charge >= 0.3 is 18.1 Å². The maximum absolute atomic E-state index is 12.4. The van der Waals surface area contributed by atoms with E-state index in [0.29, 0.717) is 0 Å². The normalized spacial score (nSPS) is 12.2. The van der Waals surface area contributed by atoms with Crippen molar-refractivity contribution in [2.24, 2.45) is 0 Å². The third kappa shape index (κ3) is 6.60. The first-order valence-corrected chi connectivity index (χ1v) is 4.91. The van der Waals surface area contributed by atoms with Crippen LogP contribution < -0.4 is 0 Å². The number of hydrogen-bond acceptors (Lipinski definition) is 4. The maximum atomic E-state index is 12.4. The number of carbonyl (C=O) groups excluding carboxylic acids is 2. The van der Waals surface area contributed by atoms with Gasteiger partial charge in [-0.2, -0.15) is 13.2 Å². The molecule has 4 nitrogen and oxygen atoms in total. The van der Waals surface area contributed by atoms with Crippen LogP contribution in [0.3, 0.4) is 0 Å². The summed E-state index contributed by atoms with van der Waals surface area (Å²) in [7, 11) is 0. The van der Waals surface area contributed by atoms with Crippen LogP contribution in [-0.4, -0.2) is 31.3 Å². The van der Waals surface area contributed by atoms with Gasteiger partial charge in [0, 0.05) is 6.08 Å². The van der Waals surface area contributed by atoms with Gasteiger partial charge in [-0.25, -0.2) is 4.79 Å². The molecule has 0 radical (unpaired) electrons. The Balaban J connectivity index is 4.78. The molecule has 0 aromatic carbocycles. The zero-order chi connectivity index (χ0) is 13.5. The summed E-state index contributed by atoms with van der Waals surface area (Å²) in [6.45, 7) is 2.87. The van der Waals surface area contributed by atoms with Crippen molar-refractivity contribution in [3.8, 4) is 0 Å². The first-order valence-electron chi connectivity index (χ1n) is 4.91. The quantitative estimate of drug-likeness (QED) is 0.556. The Hall–Kier alpha value is -1.53. The van der Waals surface area contributed by atoms with E-state index in [1.54, 1.807) is 0 Å². The monoisotopic (exact) mass is 254 g/mol. The first kappa shape index (κ1) is 15.5. The van der Waals surface area contributed by atoms with Crippen LogP contribution in [0.25, 0.3) is 0 Å². The molecule has 0 fully saturated rings. The molecule has 0 aromatic rings. The highest BCUT2D eigenvalue weighted by Crippen LogP contribution is 2.28.